The molecule has 1 aromatic heterocycles. The van der Waals surface area contributed by atoms with E-state index in [0.29, 0.717) is 30.4 Å². The number of aliphatic hydroxyl groups excluding tert-OH is 1. The molecule has 1 aliphatic rings. The lowest BCUT2D eigenvalue weighted by atomic mass is 9.97. The van der Waals surface area contributed by atoms with E-state index in [-0.39, 0.29) is 12.5 Å². The van der Waals surface area contributed by atoms with E-state index in [1.54, 1.807) is 11.9 Å². The first-order valence-electron chi connectivity index (χ1n) is 5.81. The van der Waals surface area contributed by atoms with Crippen molar-refractivity contribution >= 4 is 11.7 Å². The van der Waals surface area contributed by atoms with Crippen LogP contribution in [-0.4, -0.2) is 45.4 Å². The van der Waals surface area contributed by atoms with E-state index in [0.717, 1.165) is 12.8 Å². The van der Waals surface area contributed by atoms with Gasteiger partial charge in [-0.05, 0) is 18.8 Å². The number of anilines is 1. The van der Waals surface area contributed by atoms with E-state index in [1.807, 2.05) is 0 Å². The zero-order chi connectivity index (χ0) is 12.4. The van der Waals surface area contributed by atoms with Crippen LogP contribution in [0, 0.1) is 5.92 Å². The zero-order valence-corrected chi connectivity index (χ0v) is 9.96. The molecule has 6 nitrogen and oxygen atoms in total. The number of likely N-dealkylation sites (tertiary alicyclic amines) is 1. The van der Waals surface area contributed by atoms with Gasteiger partial charge in [0.15, 0.2) is 0 Å². The molecule has 0 spiro atoms. The average molecular weight is 238 g/mol. The number of aryl methyl sites for hydroxylation is 1. The van der Waals surface area contributed by atoms with Crippen LogP contribution in [0.1, 0.15) is 23.2 Å². The van der Waals surface area contributed by atoms with Crippen LogP contribution in [0.15, 0.2) is 6.20 Å². The highest BCUT2D eigenvalue weighted by Crippen LogP contribution is 2.20. The fourth-order valence-electron chi connectivity index (χ4n) is 2.10. The molecule has 1 aliphatic heterocycles. The van der Waals surface area contributed by atoms with Crippen LogP contribution in [0.5, 0.6) is 0 Å². The first-order valence-corrected chi connectivity index (χ1v) is 5.81. The lowest BCUT2D eigenvalue weighted by Crippen LogP contribution is -2.39. The van der Waals surface area contributed by atoms with Crippen LogP contribution >= 0.6 is 0 Å². The second-order valence-electron chi connectivity index (χ2n) is 4.49. The number of aromatic nitrogens is 2. The van der Waals surface area contributed by atoms with Gasteiger partial charge in [-0.3, -0.25) is 9.48 Å². The van der Waals surface area contributed by atoms with E-state index >= 15 is 0 Å². The lowest BCUT2D eigenvalue weighted by Gasteiger charge is -2.30. The van der Waals surface area contributed by atoms with Gasteiger partial charge in [-0.15, -0.1) is 0 Å². The molecule has 0 aromatic carbocycles. The Labute approximate surface area is 100 Å². The molecule has 1 fully saturated rings. The fraction of sp³-hybridized carbons (Fsp3) is 0.636. The van der Waals surface area contributed by atoms with Crippen LogP contribution in [0.4, 0.5) is 5.82 Å². The molecule has 1 amide bonds. The quantitative estimate of drug-likeness (QED) is 0.750. The molecule has 94 valence electrons. The van der Waals surface area contributed by atoms with E-state index < -0.39 is 0 Å². The molecule has 3 N–H and O–H groups in total. The van der Waals surface area contributed by atoms with Crippen LogP contribution in [0.2, 0.25) is 0 Å². The summed E-state index contributed by atoms with van der Waals surface area (Å²) in [6, 6.07) is 0. The van der Waals surface area contributed by atoms with E-state index in [4.69, 9.17) is 10.8 Å². The Balaban J connectivity index is 2.04. The molecule has 17 heavy (non-hydrogen) atoms. The van der Waals surface area contributed by atoms with Gasteiger partial charge in [0.05, 0.1) is 6.20 Å². The number of nitrogen functional groups attached to an aromatic ring is 1. The van der Waals surface area contributed by atoms with Crippen LogP contribution in [0.3, 0.4) is 0 Å². The van der Waals surface area contributed by atoms with Crippen molar-refractivity contribution in [1.82, 2.24) is 14.7 Å². The van der Waals surface area contributed by atoms with Crippen LogP contribution in [-0.2, 0) is 7.05 Å². The Bertz CT molecular complexity index is 408. The number of carbonyl (C=O) groups is 1. The molecule has 0 saturated carbocycles. The third-order valence-corrected chi connectivity index (χ3v) is 3.37. The van der Waals surface area contributed by atoms with Crippen molar-refractivity contribution in [3.63, 3.8) is 0 Å². The fourth-order valence-corrected chi connectivity index (χ4v) is 2.10. The van der Waals surface area contributed by atoms with Crippen LogP contribution < -0.4 is 5.73 Å². The van der Waals surface area contributed by atoms with Gasteiger partial charge in [-0.1, -0.05) is 0 Å². The molecule has 6 heteroatoms. The summed E-state index contributed by atoms with van der Waals surface area (Å²) >= 11 is 0. The summed E-state index contributed by atoms with van der Waals surface area (Å²) in [5.74, 6) is 0.663. The van der Waals surface area contributed by atoms with Gasteiger partial charge in [0, 0.05) is 26.7 Å². The highest BCUT2D eigenvalue weighted by atomic mass is 16.3. The third-order valence-electron chi connectivity index (χ3n) is 3.37. The summed E-state index contributed by atoms with van der Waals surface area (Å²) in [5, 5.41) is 13.0. The summed E-state index contributed by atoms with van der Waals surface area (Å²) in [6.07, 6.45) is 3.21. The van der Waals surface area contributed by atoms with E-state index in [1.165, 1.54) is 10.9 Å². The van der Waals surface area contributed by atoms with Gasteiger partial charge >= 0.3 is 0 Å². The van der Waals surface area contributed by atoms with Crippen molar-refractivity contribution in [2.75, 3.05) is 25.4 Å². The maximum atomic E-state index is 12.2. The van der Waals surface area contributed by atoms with E-state index in [2.05, 4.69) is 5.10 Å². The smallest absolute Gasteiger partial charge is 0.259 e. The number of aliphatic hydroxyl groups is 1. The summed E-state index contributed by atoms with van der Waals surface area (Å²) in [7, 11) is 1.71. The first-order chi connectivity index (χ1) is 8.13. The van der Waals surface area contributed by atoms with Crippen molar-refractivity contribution in [1.29, 1.82) is 0 Å². The molecule has 0 radical (unpaired) electrons. The predicted molar refractivity (Wildman–Crippen MR) is 63.3 cm³/mol. The number of hydrogen-bond acceptors (Lipinski definition) is 4. The Morgan fingerprint density at radius 2 is 2.24 bits per heavy atom. The highest BCUT2D eigenvalue weighted by Gasteiger charge is 2.25. The lowest BCUT2D eigenvalue weighted by molar-refractivity contribution is 0.0652. The number of amides is 1. The third kappa shape index (κ3) is 2.26. The SMILES string of the molecule is Cn1ncc(C(=O)N2CCC(CO)CC2)c1N. The average Bonchev–Trinajstić information content (AvgIpc) is 2.69. The van der Waals surface area contributed by atoms with Crippen molar-refractivity contribution in [2.24, 2.45) is 13.0 Å². The van der Waals surface area contributed by atoms with E-state index in [9.17, 15) is 4.79 Å². The van der Waals surface area contributed by atoms with Crippen LogP contribution in [0.25, 0.3) is 0 Å². The summed E-state index contributed by atoms with van der Waals surface area (Å²) in [4.78, 5) is 13.9. The Kier molecular flexibility index (Phi) is 3.33. The second kappa shape index (κ2) is 4.75. The number of nitrogens with zero attached hydrogens (tertiary/aromatic N) is 3. The minimum atomic E-state index is -0.0630. The van der Waals surface area contributed by atoms with Gasteiger partial charge in [0.25, 0.3) is 5.91 Å². The first kappa shape index (κ1) is 11.9. The molecule has 0 bridgehead atoms. The molecule has 1 aromatic rings. The number of piperidine rings is 1. The summed E-state index contributed by atoms with van der Waals surface area (Å²) in [6.45, 7) is 1.56. The van der Waals surface area contributed by atoms with Gasteiger partial charge in [0.1, 0.15) is 11.4 Å². The van der Waals surface area contributed by atoms with Gasteiger partial charge in [-0.25, -0.2) is 0 Å². The Morgan fingerprint density at radius 3 is 2.71 bits per heavy atom. The number of nitrogens with two attached hydrogens (primary N) is 1. The maximum absolute atomic E-state index is 12.2. The normalized spacial score (nSPS) is 17.4. The summed E-state index contributed by atoms with van der Waals surface area (Å²) < 4.78 is 1.49. The largest absolute Gasteiger partial charge is 0.396 e. The van der Waals surface area contributed by atoms with Crippen molar-refractivity contribution in [2.45, 2.75) is 12.8 Å². The molecule has 1 saturated heterocycles. The monoisotopic (exact) mass is 238 g/mol. The number of rotatable bonds is 2. The molecular weight excluding hydrogens is 220 g/mol. The number of carbonyl (C=O) groups excluding carboxylic acids is 1. The standard InChI is InChI=1S/C11H18N4O2/c1-14-10(12)9(6-13-14)11(17)15-4-2-8(7-16)3-5-15/h6,8,16H,2-5,7,12H2,1H3. The van der Waals surface area contributed by atoms with Gasteiger partial charge in [-0.2, -0.15) is 5.10 Å². The molecule has 0 aliphatic carbocycles. The van der Waals surface area contributed by atoms with Gasteiger partial charge in [0.2, 0.25) is 0 Å². The Hall–Kier alpha value is -1.56. The number of hydrogen-bond donors (Lipinski definition) is 2. The van der Waals surface area contributed by atoms with Crippen molar-refractivity contribution in [3.05, 3.63) is 11.8 Å². The minimum Gasteiger partial charge on any atom is -0.396 e. The van der Waals surface area contributed by atoms with Crippen molar-refractivity contribution < 1.29 is 9.90 Å². The molecule has 0 unspecified atom stereocenters. The molecular formula is C11H18N4O2. The molecule has 0 atom stereocenters. The predicted octanol–water partition coefficient (Wildman–Crippen LogP) is -0.153. The topological polar surface area (TPSA) is 84.4 Å². The molecule has 2 heterocycles. The second-order valence-corrected chi connectivity index (χ2v) is 4.49. The highest BCUT2D eigenvalue weighted by molar-refractivity contribution is 5.98. The zero-order valence-electron chi connectivity index (χ0n) is 9.96. The summed E-state index contributed by atoms with van der Waals surface area (Å²) in [5.41, 5.74) is 6.24. The minimum absolute atomic E-state index is 0.0630. The van der Waals surface area contributed by atoms with Gasteiger partial charge < -0.3 is 15.7 Å². The maximum Gasteiger partial charge on any atom is 0.259 e. The van der Waals surface area contributed by atoms with Crippen molar-refractivity contribution in [3.8, 4) is 0 Å². The molecule has 2 rings (SSSR count). The Morgan fingerprint density at radius 1 is 1.59 bits per heavy atom.